The second-order valence-electron chi connectivity index (χ2n) is 2.96. The van der Waals surface area contributed by atoms with Gasteiger partial charge in [-0.3, -0.25) is 4.79 Å². The van der Waals surface area contributed by atoms with Crippen LogP contribution in [-0.4, -0.2) is 6.29 Å². The lowest BCUT2D eigenvalue weighted by molar-refractivity contribution is 0.112. The zero-order valence-electron chi connectivity index (χ0n) is 7.28. The van der Waals surface area contributed by atoms with E-state index in [-0.39, 0.29) is 0 Å². The van der Waals surface area contributed by atoms with Gasteiger partial charge < -0.3 is 0 Å². The van der Waals surface area contributed by atoms with Crippen molar-refractivity contribution >= 4 is 23.7 Å². The molecule has 12 heavy (non-hydrogen) atoms. The summed E-state index contributed by atoms with van der Waals surface area (Å²) >= 11 is 1.52. The van der Waals surface area contributed by atoms with Gasteiger partial charge in [-0.25, -0.2) is 0 Å². The molecule has 1 heterocycles. The number of carbonyl (C=O) groups is 1. The summed E-state index contributed by atoms with van der Waals surface area (Å²) in [5, 5.41) is 0. The summed E-state index contributed by atoms with van der Waals surface area (Å²) in [4.78, 5) is 12.3. The highest BCUT2D eigenvalue weighted by Gasteiger charge is 1.94. The monoisotopic (exact) mass is 180 g/mol. The minimum absolute atomic E-state index is 0.562. The summed E-state index contributed by atoms with van der Waals surface area (Å²) in [7, 11) is 0. The van der Waals surface area contributed by atoms with Gasteiger partial charge in [0.05, 0.1) is 4.88 Å². The first-order valence-corrected chi connectivity index (χ1v) is 4.77. The molecule has 0 aliphatic rings. The maximum Gasteiger partial charge on any atom is 0.160 e. The molecular formula is C10H12OS. The molecule has 0 atom stereocenters. The lowest BCUT2D eigenvalue weighted by Crippen LogP contribution is -1.74. The quantitative estimate of drug-likeness (QED) is 0.653. The van der Waals surface area contributed by atoms with E-state index in [0.29, 0.717) is 5.92 Å². The summed E-state index contributed by atoms with van der Waals surface area (Å²) in [5.41, 5.74) is 0. The van der Waals surface area contributed by atoms with E-state index in [1.165, 1.54) is 11.3 Å². The van der Waals surface area contributed by atoms with Crippen molar-refractivity contribution in [2.45, 2.75) is 13.8 Å². The second kappa shape index (κ2) is 4.21. The fourth-order valence-corrected chi connectivity index (χ4v) is 1.55. The third-order valence-electron chi connectivity index (χ3n) is 1.41. The van der Waals surface area contributed by atoms with Crippen LogP contribution >= 0.6 is 11.3 Å². The van der Waals surface area contributed by atoms with Gasteiger partial charge in [0.1, 0.15) is 0 Å². The lowest BCUT2D eigenvalue weighted by atomic mass is 10.2. The maximum absolute atomic E-state index is 10.3. The van der Waals surface area contributed by atoms with Crippen molar-refractivity contribution in [3.8, 4) is 0 Å². The molecule has 0 saturated heterocycles. The Morgan fingerprint density at radius 1 is 1.33 bits per heavy atom. The van der Waals surface area contributed by atoms with Gasteiger partial charge in [-0.15, -0.1) is 11.3 Å². The van der Waals surface area contributed by atoms with Crippen LogP contribution in [0, 0.1) is 5.92 Å². The van der Waals surface area contributed by atoms with Crippen molar-refractivity contribution in [2.24, 2.45) is 5.92 Å². The van der Waals surface area contributed by atoms with Gasteiger partial charge >= 0.3 is 0 Å². The van der Waals surface area contributed by atoms with E-state index in [4.69, 9.17) is 0 Å². The van der Waals surface area contributed by atoms with Gasteiger partial charge in [0.15, 0.2) is 6.29 Å². The molecule has 0 aliphatic carbocycles. The Bertz CT molecular complexity index is 284. The van der Waals surface area contributed by atoms with Crippen molar-refractivity contribution in [1.82, 2.24) is 0 Å². The minimum atomic E-state index is 0.562. The Hall–Kier alpha value is -0.890. The number of thiophene rings is 1. The second-order valence-corrected chi connectivity index (χ2v) is 4.11. The molecule has 1 aromatic heterocycles. The maximum atomic E-state index is 10.3. The van der Waals surface area contributed by atoms with E-state index in [2.05, 4.69) is 26.0 Å². The van der Waals surface area contributed by atoms with Crippen LogP contribution in [0.2, 0.25) is 0 Å². The molecule has 0 aliphatic heterocycles. The molecule has 64 valence electrons. The van der Waals surface area contributed by atoms with E-state index in [0.717, 1.165) is 16.0 Å². The van der Waals surface area contributed by atoms with Gasteiger partial charge in [0, 0.05) is 4.88 Å². The molecule has 0 radical (unpaired) electrons. The van der Waals surface area contributed by atoms with Crippen molar-refractivity contribution in [2.75, 3.05) is 0 Å². The summed E-state index contributed by atoms with van der Waals surface area (Å²) in [5.74, 6) is 0.562. The van der Waals surface area contributed by atoms with Crippen molar-refractivity contribution in [3.63, 3.8) is 0 Å². The predicted octanol–water partition coefficient (Wildman–Crippen LogP) is 3.23. The number of aldehydes is 1. The van der Waals surface area contributed by atoms with Gasteiger partial charge in [-0.1, -0.05) is 19.9 Å². The number of hydrogen-bond donors (Lipinski definition) is 0. The molecule has 0 fully saturated rings. The normalized spacial score (nSPS) is 11.2. The molecule has 0 spiro atoms. The summed E-state index contributed by atoms with van der Waals surface area (Å²) in [6.07, 6.45) is 5.07. The molecule has 1 nitrogen and oxygen atoms in total. The Morgan fingerprint density at radius 3 is 2.50 bits per heavy atom. The van der Waals surface area contributed by atoms with Gasteiger partial charge in [0.2, 0.25) is 0 Å². The topological polar surface area (TPSA) is 17.1 Å². The molecule has 1 aromatic rings. The zero-order chi connectivity index (χ0) is 8.97. The highest BCUT2D eigenvalue weighted by atomic mass is 32.1. The molecule has 2 heteroatoms. The Morgan fingerprint density at radius 2 is 2.00 bits per heavy atom. The first kappa shape index (κ1) is 9.20. The van der Waals surface area contributed by atoms with Crippen LogP contribution in [0.4, 0.5) is 0 Å². The largest absolute Gasteiger partial charge is 0.297 e. The van der Waals surface area contributed by atoms with E-state index >= 15 is 0 Å². The molecule has 0 unspecified atom stereocenters. The third-order valence-corrected chi connectivity index (χ3v) is 2.38. The fraction of sp³-hybridized carbons (Fsp3) is 0.300. The molecule has 1 rings (SSSR count). The average molecular weight is 180 g/mol. The van der Waals surface area contributed by atoms with Crippen LogP contribution in [0.1, 0.15) is 28.4 Å². The van der Waals surface area contributed by atoms with Crippen LogP contribution in [0.15, 0.2) is 18.2 Å². The number of allylic oxidation sites excluding steroid dienone is 1. The molecule has 0 N–H and O–H groups in total. The SMILES string of the molecule is CC(C)/C=C/c1ccc(C=O)s1. The van der Waals surface area contributed by atoms with Crippen molar-refractivity contribution in [3.05, 3.63) is 28.0 Å². The first-order valence-electron chi connectivity index (χ1n) is 3.95. The molecule has 0 aromatic carbocycles. The Balaban J connectivity index is 2.70. The van der Waals surface area contributed by atoms with Crippen LogP contribution in [0.25, 0.3) is 6.08 Å². The van der Waals surface area contributed by atoms with Crippen molar-refractivity contribution in [1.29, 1.82) is 0 Å². The lowest BCUT2D eigenvalue weighted by Gasteiger charge is -1.90. The standard InChI is InChI=1S/C10H12OS/c1-8(2)3-4-9-5-6-10(7-11)12-9/h3-8H,1-2H3/b4-3+. The van der Waals surface area contributed by atoms with E-state index in [1.54, 1.807) is 0 Å². The minimum Gasteiger partial charge on any atom is -0.297 e. The van der Waals surface area contributed by atoms with Crippen LogP contribution in [0.5, 0.6) is 0 Å². The summed E-state index contributed by atoms with van der Waals surface area (Å²) in [6.45, 7) is 4.26. The zero-order valence-corrected chi connectivity index (χ0v) is 8.10. The number of rotatable bonds is 3. The number of hydrogen-bond acceptors (Lipinski definition) is 2. The summed E-state index contributed by atoms with van der Waals surface area (Å²) < 4.78 is 0. The van der Waals surface area contributed by atoms with Gasteiger partial charge in [-0.05, 0) is 24.1 Å². The van der Waals surface area contributed by atoms with E-state index < -0.39 is 0 Å². The van der Waals surface area contributed by atoms with Crippen LogP contribution in [0.3, 0.4) is 0 Å². The van der Waals surface area contributed by atoms with Gasteiger partial charge in [0.25, 0.3) is 0 Å². The number of carbonyl (C=O) groups excluding carboxylic acids is 1. The fourth-order valence-electron chi connectivity index (χ4n) is 0.809. The Labute approximate surface area is 76.7 Å². The van der Waals surface area contributed by atoms with E-state index in [9.17, 15) is 4.79 Å². The highest BCUT2D eigenvalue weighted by Crippen LogP contribution is 2.16. The van der Waals surface area contributed by atoms with Gasteiger partial charge in [-0.2, -0.15) is 0 Å². The highest BCUT2D eigenvalue weighted by molar-refractivity contribution is 7.14. The molecule has 0 amide bonds. The van der Waals surface area contributed by atoms with E-state index in [1.807, 2.05) is 12.1 Å². The predicted molar refractivity (Wildman–Crippen MR) is 53.6 cm³/mol. The summed E-state index contributed by atoms with van der Waals surface area (Å²) in [6, 6.07) is 3.81. The smallest absolute Gasteiger partial charge is 0.160 e. The van der Waals surface area contributed by atoms with Crippen LogP contribution in [-0.2, 0) is 0 Å². The van der Waals surface area contributed by atoms with Crippen LogP contribution < -0.4 is 0 Å². The average Bonchev–Trinajstić information content (AvgIpc) is 2.48. The molecular weight excluding hydrogens is 168 g/mol. The third kappa shape index (κ3) is 2.62. The Kier molecular flexibility index (Phi) is 3.23. The molecule has 0 bridgehead atoms. The first-order chi connectivity index (χ1) is 5.72. The van der Waals surface area contributed by atoms with Crippen molar-refractivity contribution < 1.29 is 4.79 Å². The molecule has 0 saturated carbocycles.